The van der Waals surface area contributed by atoms with Crippen LogP contribution in [0.5, 0.6) is 5.75 Å². The topological polar surface area (TPSA) is 61.0 Å². The summed E-state index contributed by atoms with van der Waals surface area (Å²) in [5.41, 5.74) is 6.79. The van der Waals surface area contributed by atoms with E-state index in [-0.39, 0.29) is 6.04 Å². The first-order chi connectivity index (χ1) is 8.25. The molecular formula is C12H12ClN3O. The zero-order valence-corrected chi connectivity index (χ0v) is 9.84. The van der Waals surface area contributed by atoms with Gasteiger partial charge in [-0.3, -0.25) is 0 Å². The van der Waals surface area contributed by atoms with Gasteiger partial charge in [-0.25, -0.2) is 9.97 Å². The number of nitrogens with two attached hydrogens (primary N) is 1. The van der Waals surface area contributed by atoms with Crippen LogP contribution in [0.1, 0.15) is 11.6 Å². The normalized spacial score (nSPS) is 12.1. The largest absolute Gasteiger partial charge is 0.492 e. The number of hydrogen-bond donors (Lipinski definition) is 1. The van der Waals surface area contributed by atoms with E-state index in [0.717, 1.165) is 11.3 Å². The van der Waals surface area contributed by atoms with Gasteiger partial charge in [0.05, 0.1) is 6.04 Å². The fourth-order valence-electron chi connectivity index (χ4n) is 1.32. The van der Waals surface area contributed by atoms with Crippen LogP contribution >= 0.6 is 11.6 Å². The Hall–Kier alpha value is -1.65. The van der Waals surface area contributed by atoms with Gasteiger partial charge >= 0.3 is 0 Å². The molecule has 2 N–H and O–H groups in total. The molecule has 0 fully saturated rings. The third-order valence-corrected chi connectivity index (χ3v) is 2.50. The second-order valence-corrected chi connectivity index (χ2v) is 3.98. The molecule has 0 amide bonds. The molecule has 2 aromatic rings. The summed E-state index contributed by atoms with van der Waals surface area (Å²) >= 11 is 5.77. The fraction of sp³-hybridized carbons (Fsp3) is 0.167. The lowest BCUT2D eigenvalue weighted by molar-refractivity contribution is 0.290. The molecule has 2 rings (SSSR count). The number of halogens is 1. The Morgan fingerprint density at radius 3 is 2.47 bits per heavy atom. The minimum Gasteiger partial charge on any atom is -0.492 e. The molecule has 1 heterocycles. The van der Waals surface area contributed by atoms with Crippen LogP contribution in [0.25, 0.3) is 0 Å². The SMILES string of the molecule is NC(COc1ccc(Cl)cc1)c1cncnc1. The average molecular weight is 250 g/mol. The van der Waals surface area contributed by atoms with Crippen molar-refractivity contribution in [1.29, 1.82) is 0 Å². The fourth-order valence-corrected chi connectivity index (χ4v) is 1.44. The molecule has 0 spiro atoms. The average Bonchev–Trinajstić information content (AvgIpc) is 2.39. The lowest BCUT2D eigenvalue weighted by atomic mass is 10.2. The van der Waals surface area contributed by atoms with Crippen molar-refractivity contribution < 1.29 is 4.74 Å². The zero-order chi connectivity index (χ0) is 12.1. The Balaban J connectivity index is 1.92. The van der Waals surface area contributed by atoms with Gasteiger partial charge in [0.2, 0.25) is 0 Å². The molecule has 1 aromatic heterocycles. The summed E-state index contributed by atoms with van der Waals surface area (Å²) in [4.78, 5) is 7.82. The van der Waals surface area contributed by atoms with Gasteiger partial charge in [0.1, 0.15) is 18.7 Å². The van der Waals surface area contributed by atoms with Gasteiger partial charge in [0.15, 0.2) is 0 Å². The predicted octanol–water partition coefficient (Wildman–Crippen LogP) is 2.21. The number of aromatic nitrogens is 2. The van der Waals surface area contributed by atoms with E-state index in [1.165, 1.54) is 6.33 Å². The van der Waals surface area contributed by atoms with Gasteiger partial charge < -0.3 is 10.5 Å². The first-order valence-corrected chi connectivity index (χ1v) is 5.52. The monoisotopic (exact) mass is 249 g/mol. The van der Waals surface area contributed by atoms with E-state index in [2.05, 4.69) is 9.97 Å². The minimum absolute atomic E-state index is 0.244. The smallest absolute Gasteiger partial charge is 0.119 e. The van der Waals surface area contributed by atoms with Crippen molar-refractivity contribution in [3.8, 4) is 5.75 Å². The molecule has 1 atom stereocenters. The Morgan fingerprint density at radius 2 is 1.82 bits per heavy atom. The second-order valence-electron chi connectivity index (χ2n) is 3.54. The zero-order valence-electron chi connectivity index (χ0n) is 9.08. The Kier molecular flexibility index (Phi) is 3.90. The number of benzene rings is 1. The molecule has 1 unspecified atom stereocenters. The molecular weight excluding hydrogens is 238 g/mol. The first kappa shape index (κ1) is 11.8. The molecule has 0 bridgehead atoms. The van der Waals surface area contributed by atoms with E-state index < -0.39 is 0 Å². The summed E-state index contributed by atoms with van der Waals surface area (Å²) in [6, 6.07) is 6.90. The van der Waals surface area contributed by atoms with Gasteiger partial charge in [-0.2, -0.15) is 0 Å². The third kappa shape index (κ3) is 3.41. The van der Waals surface area contributed by atoms with Crippen molar-refractivity contribution in [2.45, 2.75) is 6.04 Å². The first-order valence-electron chi connectivity index (χ1n) is 5.14. The Morgan fingerprint density at radius 1 is 1.18 bits per heavy atom. The molecule has 0 aliphatic carbocycles. The van der Waals surface area contributed by atoms with E-state index in [1.54, 1.807) is 36.7 Å². The number of ether oxygens (including phenoxy) is 1. The van der Waals surface area contributed by atoms with Crippen LogP contribution in [-0.4, -0.2) is 16.6 Å². The third-order valence-electron chi connectivity index (χ3n) is 2.25. The highest BCUT2D eigenvalue weighted by atomic mass is 35.5. The summed E-state index contributed by atoms with van der Waals surface area (Å²) in [5.74, 6) is 0.738. The minimum atomic E-state index is -0.244. The van der Waals surface area contributed by atoms with Crippen LogP contribution < -0.4 is 10.5 Å². The molecule has 0 saturated carbocycles. The van der Waals surface area contributed by atoms with Crippen LogP contribution in [0.2, 0.25) is 5.02 Å². The Bertz CT molecular complexity index is 461. The quantitative estimate of drug-likeness (QED) is 0.903. The number of nitrogens with zero attached hydrogens (tertiary/aromatic N) is 2. The van der Waals surface area contributed by atoms with Crippen LogP contribution in [0.15, 0.2) is 43.0 Å². The predicted molar refractivity (Wildman–Crippen MR) is 65.9 cm³/mol. The highest BCUT2D eigenvalue weighted by Crippen LogP contribution is 2.17. The Labute approximate surface area is 104 Å². The lowest BCUT2D eigenvalue weighted by Gasteiger charge is -2.12. The van der Waals surface area contributed by atoms with E-state index in [9.17, 15) is 0 Å². The van der Waals surface area contributed by atoms with Crippen molar-refractivity contribution in [1.82, 2.24) is 9.97 Å². The summed E-state index contributed by atoms with van der Waals surface area (Å²) in [5, 5.41) is 0.679. The van der Waals surface area contributed by atoms with Crippen molar-refractivity contribution >= 4 is 11.6 Å². The highest BCUT2D eigenvalue weighted by molar-refractivity contribution is 6.30. The van der Waals surface area contributed by atoms with Crippen LogP contribution in [0.4, 0.5) is 0 Å². The van der Waals surface area contributed by atoms with Gasteiger partial charge in [-0.1, -0.05) is 11.6 Å². The maximum atomic E-state index is 5.94. The van der Waals surface area contributed by atoms with Crippen LogP contribution in [0, 0.1) is 0 Å². The second kappa shape index (κ2) is 5.61. The summed E-state index contributed by atoms with van der Waals surface area (Å²) in [6.45, 7) is 0.370. The highest BCUT2D eigenvalue weighted by Gasteiger charge is 2.07. The van der Waals surface area contributed by atoms with Gasteiger partial charge in [-0.15, -0.1) is 0 Å². The molecule has 0 radical (unpaired) electrons. The summed E-state index contributed by atoms with van der Waals surface area (Å²) < 4.78 is 5.54. The maximum absolute atomic E-state index is 5.94. The molecule has 88 valence electrons. The lowest BCUT2D eigenvalue weighted by Crippen LogP contribution is -2.19. The molecule has 4 nitrogen and oxygen atoms in total. The molecule has 5 heteroatoms. The van der Waals surface area contributed by atoms with E-state index in [4.69, 9.17) is 22.1 Å². The van der Waals surface area contributed by atoms with Gasteiger partial charge in [-0.05, 0) is 24.3 Å². The van der Waals surface area contributed by atoms with Gasteiger partial charge in [0.25, 0.3) is 0 Å². The molecule has 17 heavy (non-hydrogen) atoms. The van der Waals surface area contributed by atoms with E-state index in [0.29, 0.717) is 11.6 Å². The van der Waals surface area contributed by atoms with E-state index in [1.807, 2.05) is 0 Å². The maximum Gasteiger partial charge on any atom is 0.119 e. The number of rotatable bonds is 4. The molecule has 0 saturated heterocycles. The van der Waals surface area contributed by atoms with Crippen molar-refractivity contribution in [2.24, 2.45) is 5.73 Å². The molecule has 0 aliphatic rings. The molecule has 0 aliphatic heterocycles. The standard InChI is InChI=1S/C12H12ClN3O/c13-10-1-3-11(4-2-10)17-7-12(14)9-5-15-8-16-6-9/h1-6,8,12H,7,14H2. The van der Waals surface area contributed by atoms with E-state index >= 15 is 0 Å². The molecule has 1 aromatic carbocycles. The van der Waals surface area contributed by atoms with Crippen molar-refractivity contribution in [3.63, 3.8) is 0 Å². The van der Waals surface area contributed by atoms with Gasteiger partial charge in [0, 0.05) is 23.0 Å². The number of hydrogen-bond acceptors (Lipinski definition) is 4. The van der Waals surface area contributed by atoms with Crippen molar-refractivity contribution in [2.75, 3.05) is 6.61 Å². The van der Waals surface area contributed by atoms with Crippen molar-refractivity contribution in [3.05, 3.63) is 53.6 Å². The summed E-state index contributed by atoms with van der Waals surface area (Å²) in [7, 11) is 0. The van der Waals surface area contributed by atoms with Crippen LogP contribution in [0.3, 0.4) is 0 Å². The van der Waals surface area contributed by atoms with Crippen LogP contribution in [-0.2, 0) is 0 Å². The summed E-state index contributed by atoms with van der Waals surface area (Å²) in [6.07, 6.45) is 4.84.